The number of nitrogens with one attached hydrogen (secondary N) is 1. The Bertz CT molecular complexity index is 461. The van der Waals surface area contributed by atoms with Crippen LogP contribution in [0.2, 0.25) is 0 Å². The molecule has 1 N–H and O–H groups in total. The van der Waals surface area contributed by atoms with Crippen molar-refractivity contribution in [2.24, 2.45) is 0 Å². The molecule has 1 aliphatic heterocycles. The number of hydrogen-bond donors (Lipinski definition) is 1. The predicted molar refractivity (Wildman–Crippen MR) is 52.4 cm³/mol. The van der Waals surface area contributed by atoms with Crippen molar-refractivity contribution in [1.29, 1.82) is 0 Å². The van der Waals surface area contributed by atoms with Gasteiger partial charge in [-0.15, -0.1) is 0 Å². The summed E-state index contributed by atoms with van der Waals surface area (Å²) in [6.45, 7) is 5.66. The predicted octanol–water partition coefficient (Wildman–Crippen LogP) is 1.50. The molecule has 0 aromatic heterocycles. The van der Waals surface area contributed by atoms with Gasteiger partial charge in [-0.05, 0) is 37.5 Å². The summed E-state index contributed by atoms with van der Waals surface area (Å²) in [6, 6.07) is 1.94. The standard InChI is InChI=1S/C11H11NO2/c1-5-4-6(2)8-9(7(5)3)11(14)12-10(8)13/h4H,1-3H3,(H,12,13,14). The molecule has 0 atom stereocenters. The third-order valence-electron chi connectivity index (χ3n) is 2.73. The fraction of sp³-hybridized carbons (Fsp3) is 0.273. The maximum atomic E-state index is 11.5. The molecule has 1 aromatic carbocycles. The average molecular weight is 189 g/mol. The Morgan fingerprint density at radius 2 is 1.50 bits per heavy atom. The highest BCUT2D eigenvalue weighted by atomic mass is 16.2. The number of carbonyl (C=O) groups is 2. The zero-order chi connectivity index (χ0) is 10.5. The minimum absolute atomic E-state index is 0.269. The van der Waals surface area contributed by atoms with E-state index in [9.17, 15) is 9.59 Å². The summed E-state index contributed by atoms with van der Waals surface area (Å²) < 4.78 is 0. The highest BCUT2D eigenvalue weighted by molar-refractivity contribution is 6.22. The molecular formula is C11H11NO2. The van der Waals surface area contributed by atoms with Crippen LogP contribution in [-0.4, -0.2) is 11.8 Å². The second kappa shape index (κ2) is 2.67. The molecule has 2 amide bonds. The van der Waals surface area contributed by atoms with E-state index in [0.717, 1.165) is 16.7 Å². The normalized spacial score (nSPS) is 14.2. The zero-order valence-corrected chi connectivity index (χ0v) is 8.39. The SMILES string of the molecule is Cc1cc(C)c2c(c1C)C(=O)NC2=O. The van der Waals surface area contributed by atoms with E-state index in [0.29, 0.717) is 11.1 Å². The van der Waals surface area contributed by atoms with Gasteiger partial charge in [0.25, 0.3) is 11.8 Å². The number of fused-ring (bicyclic) bond motifs is 1. The highest BCUT2D eigenvalue weighted by Gasteiger charge is 2.30. The van der Waals surface area contributed by atoms with Crippen molar-refractivity contribution >= 4 is 11.8 Å². The molecule has 3 nitrogen and oxygen atoms in total. The number of hydrogen-bond acceptors (Lipinski definition) is 2. The van der Waals surface area contributed by atoms with Gasteiger partial charge in [-0.1, -0.05) is 6.07 Å². The van der Waals surface area contributed by atoms with Crippen molar-refractivity contribution in [2.75, 3.05) is 0 Å². The maximum Gasteiger partial charge on any atom is 0.259 e. The first-order valence-corrected chi connectivity index (χ1v) is 4.49. The Kier molecular flexibility index (Phi) is 1.71. The van der Waals surface area contributed by atoms with Crippen molar-refractivity contribution in [3.8, 4) is 0 Å². The van der Waals surface area contributed by atoms with Crippen LogP contribution in [0, 0.1) is 20.8 Å². The molecule has 1 aromatic rings. The van der Waals surface area contributed by atoms with Gasteiger partial charge in [0.1, 0.15) is 0 Å². The zero-order valence-electron chi connectivity index (χ0n) is 8.39. The molecule has 0 bridgehead atoms. The molecule has 0 aliphatic carbocycles. The first kappa shape index (κ1) is 8.94. The lowest BCUT2D eigenvalue weighted by molar-refractivity contribution is 0.0879. The Balaban J connectivity index is 2.86. The van der Waals surface area contributed by atoms with Crippen molar-refractivity contribution in [1.82, 2.24) is 5.32 Å². The molecule has 72 valence electrons. The van der Waals surface area contributed by atoms with Gasteiger partial charge in [-0.3, -0.25) is 14.9 Å². The van der Waals surface area contributed by atoms with Crippen molar-refractivity contribution in [3.63, 3.8) is 0 Å². The van der Waals surface area contributed by atoms with Gasteiger partial charge in [0.2, 0.25) is 0 Å². The van der Waals surface area contributed by atoms with Gasteiger partial charge in [0, 0.05) is 0 Å². The van der Waals surface area contributed by atoms with Crippen LogP contribution in [0.15, 0.2) is 6.07 Å². The van der Waals surface area contributed by atoms with Crippen LogP contribution in [-0.2, 0) is 0 Å². The van der Waals surface area contributed by atoms with Crippen molar-refractivity contribution < 1.29 is 9.59 Å². The molecule has 0 fully saturated rings. The number of carbonyl (C=O) groups excluding carboxylic acids is 2. The van der Waals surface area contributed by atoms with E-state index in [1.165, 1.54) is 0 Å². The van der Waals surface area contributed by atoms with Crippen LogP contribution in [0.25, 0.3) is 0 Å². The van der Waals surface area contributed by atoms with Crippen LogP contribution in [0.3, 0.4) is 0 Å². The molecule has 0 unspecified atom stereocenters. The number of benzene rings is 1. The lowest BCUT2D eigenvalue weighted by Gasteiger charge is -2.07. The summed E-state index contributed by atoms with van der Waals surface area (Å²) in [7, 11) is 0. The summed E-state index contributed by atoms with van der Waals surface area (Å²) in [5, 5.41) is 2.31. The summed E-state index contributed by atoms with van der Waals surface area (Å²) in [4.78, 5) is 22.9. The lowest BCUT2D eigenvalue weighted by atomic mass is 9.95. The molecule has 1 aliphatic rings. The number of amides is 2. The van der Waals surface area contributed by atoms with E-state index in [-0.39, 0.29) is 11.8 Å². The monoisotopic (exact) mass is 189 g/mol. The van der Waals surface area contributed by atoms with Gasteiger partial charge >= 0.3 is 0 Å². The van der Waals surface area contributed by atoms with Gasteiger partial charge < -0.3 is 0 Å². The average Bonchev–Trinajstić information content (AvgIpc) is 2.38. The second-order valence-corrected chi connectivity index (χ2v) is 3.67. The van der Waals surface area contributed by atoms with Crippen LogP contribution >= 0.6 is 0 Å². The van der Waals surface area contributed by atoms with E-state index >= 15 is 0 Å². The van der Waals surface area contributed by atoms with Crippen molar-refractivity contribution in [2.45, 2.75) is 20.8 Å². The third kappa shape index (κ3) is 0.985. The second-order valence-electron chi connectivity index (χ2n) is 3.67. The van der Waals surface area contributed by atoms with Gasteiger partial charge in [-0.2, -0.15) is 0 Å². The minimum Gasteiger partial charge on any atom is -0.288 e. The summed E-state index contributed by atoms with van der Waals surface area (Å²) in [5.41, 5.74) is 3.90. The molecule has 0 radical (unpaired) electrons. The molecule has 0 saturated heterocycles. The van der Waals surface area contributed by atoms with Gasteiger partial charge in [-0.25, -0.2) is 0 Å². The first-order chi connectivity index (χ1) is 6.52. The van der Waals surface area contributed by atoms with Crippen LogP contribution in [0.5, 0.6) is 0 Å². The van der Waals surface area contributed by atoms with Crippen LogP contribution in [0.4, 0.5) is 0 Å². The summed E-state index contributed by atoms with van der Waals surface area (Å²) in [6.07, 6.45) is 0. The summed E-state index contributed by atoms with van der Waals surface area (Å²) in [5.74, 6) is -0.542. The Labute approximate surface area is 82.1 Å². The topological polar surface area (TPSA) is 46.2 Å². The smallest absolute Gasteiger partial charge is 0.259 e. The number of rotatable bonds is 0. The fourth-order valence-corrected chi connectivity index (χ4v) is 1.89. The highest BCUT2D eigenvalue weighted by Crippen LogP contribution is 2.25. The van der Waals surface area contributed by atoms with Crippen LogP contribution in [0.1, 0.15) is 37.4 Å². The third-order valence-corrected chi connectivity index (χ3v) is 2.73. The summed E-state index contributed by atoms with van der Waals surface area (Å²) >= 11 is 0. The quantitative estimate of drug-likeness (QED) is 0.628. The van der Waals surface area contributed by atoms with E-state index in [4.69, 9.17) is 0 Å². The molecule has 14 heavy (non-hydrogen) atoms. The molecule has 0 saturated carbocycles. The molecule has 1 heterocycles. The molecule has 0 spiro atoms. The largest absolute Gasteiger partial charge is 0.288 e. The van der Waals surface area contributed by atoms with E-state index < -0.39 is 0 Å². The Morgan fingerprint density at radius 1 is 0.929 bits per heavy atom. The first-order valence-electron chi connectivity index (χ1n) is 4.49. The van der Waals surface area contributed by atoms with Gasteiger partial charge in [0.05, 0.1) is 11.1 Å². The fourth-order valence-electron chi connectivity index (χ4n) is 1.89. The Hall–Kier alpha value is -1.64. The molecular weight excluding hydrogens is 178 g/mol. The number of imide groups is 1. The Morgan fingerprint density at radius 3 is 2.14 bits per heavy atom. The minimum atomic E-state index is -0.273. The van der Waals surface area contributed by atoms with E-state index in [1.807, 2.05) is 26.8 Å². The van der Waals surface area contributed by atoms with Crippen LogP contribution < -0.4 is 5.32 Å². The molecule has 2 rings (SSSR count). The maximum absolute atomic E-state index is 11.5. The van der Waals surface area contributed by atoms with E-state index in [2.05, 4.69) is 5.32 Å². The lowest BCUT2D eigenvalue weighted by Crippen LogP contribution is -2.20. The van der Waals surface area contributed by atoms with Crippen molar-refractivity contribution in [3.05, 3.63) is 33.9 Å². The van der Waals surface area contributed by atoms with Gasteiger partial charge in [0.15, 0.2) is 0 Å². The molecule has 3 heteroatoms. The van der Waals surface area contributed by atoms with E-state index in [1.54, 1.807) is 0 Å². The number of aryl methyl sites for hydroxylation is 2.